The average Bonchev–Trinajstić information content (AvgIpc) is 2.33. The van der Waals surface area contributed by atoms with Gasteiger partial charge in [-0.2, -0.15) is 0 Å². The standard InChI is InChI=1S/C8H7NTe/c1-6-2-3-8-7(4-6)9-5-10-8/h2-5H,1H3. The van der Waals surface area contributed by atoms with Crippen molar-refractivity contribution in [2.45, 2.75) is 6.92 Å². The molecule has 2 aromatic rings. The summed E-state index contributed by atoms with van der Waals surface area (Å²) in [7, 11) is 0. The van der Waals surface area contributed by atoms with E-state index in [4.69, 9.17) is 0 Å². The van der Waals surface area contributed by atoms with E-state index in [1.54, 1.807) is 0 Å². The van der Waals surface area contributed by atoms with Crippen LogP contribution in [-0.2, 0) is 0 Å². The van der Waals surface area contributed by atoms with Crippen molar-refractivity contribution in [3.8, 4) is 0 Å². The monoisotopic (exact) mass is 247 g/mol. The molecule has 0 amide bonds. The van der Waals surface area contributed by atoms with Crippen molar-refractivity contribution >= 4 is 29.3 Å². The van der Waals surface area contributed by atoms with E-state index in [0.717, 1.165) is 0 Å². The molecule has 0 atom stereocenters. The first kappa shape index (κ1) is 6.39. The van der Waals surface area contributed by atoms with Crippen LogP contribution < -0.4 is 0 Å². The molecule has 0 radical (unpaired) electrons. The number of benzene rings is 1. The van der Waals surface area contributed by atoms with E-state index in [-0.39, 0.29) is 20.4 Å². The van der Waals surface area contributed by atoms with Crippen molar-refractivity contribution < 1.29 is 0 Å². The molecule has 1 heterocycles. The number of hydrogen-bond acceptors (Lipinski definition) is 1. The number of rotatable bonds is 0. The zero-order chi connectivity index (χ0) is 6.97. The van der Waals surface area contributed by atoms with Gasteiger partial charge in [-0.3, -0.25) is 0 Å². The minimum absolute atomic E-state index is 0.0440. The van der Waals surface area contributed by atoms with E-state index in [1.165, 1.54) is 14.5 Å². The Labute approximate surface area is 69.3 Å². The zero-order valence-electron chi connectivity index (χ0n) is 5.66. The summed E-state index contributed by atoms with van der Waals surface area (Å²) < 4.78 is 3.57. The van der Waals surface area contributed by atoms with Crippen molar-refractivity contribution in [1.82, 2.24) is 4.98 Å². The molecule has 1 aromatic carbocycles. The fraction of sp³-hybridized carbons (Fsp3) is 0.125. The van der Waals surface area contributed by atoms with Crippen LogP contribution in [0.2, 0.25) is 0 Å². The van der Waals surface area contributed by atoms with Crippen LogP contribution in [0, 0.1) is 6.92 Å². The maximum absolute atomic E-state index is 4.29. The minimum atomic E-state index is -0.0440. The Bertz CT molecular complexity index is 351. The second kappa shape index (κ2) is 2.38. The van der Waals surface area contributed by atoms with Gasteiger partial charge in [-0.15, -0.1) is 0 Å². The summed E-state index contributed by atoms with van der Waals surface area (Å²) in [5.41, 5.74) is 2.52. The van der Waals surface area contributed by atoms with Crippen molar-refractivity contribution in [1.29, 1.82) is 0 Å². The molecular formula is C8H7NTe. The number of aryl methyl sites for hydroxylation is 1. The molecule has 0 saturated heterocycles. The quantitative estimate of drug-likeness (QED) is 0.642. The summed E-state index contributed by atoms with van der Waals surface area (Å²) in [5, 5.41) is 0. The molecule has 0 aliphatic carbocycles. The van der Waals surface area contributed by atoms with Gasteiger partial charge in [-0.05, 0) is 0 Å². The van der Waals surface area contributed by atoms with Crippen LogP contribution in [0.4, 0.5) is 0 Å². The van der Waals surface area contributed by atoms with E-state index in [9.17, 15) is 0 Å². The number of hydrogen-bond donors (Lipinski definition) is 0. The van der Waals surface area contributed by atoms with Crippen LogP contribution in [0.25, 0.3) is 8.92 Å². The number of fused-ring (bicyclic) bond motifs is 1. The molecule has 50 valence electrons. The molecule has 2 heteroatoms. The summed E-state index contributed by atoms with van der Waals surface area (Å²) in [6.45, 7) is 2.11. The average molecular weight is 245 g/mol. The molecule has 0 fully saturated rings. The molecule has 0 saturated carbocycles. The van der Waals surface area contributed by atoms with Gasteiger partial charge in [-0.1, -0.05) is 0 Å². The molecule has 0 unspecified atom stereocenters. The van der Waals surface area contributed by atoms with E-state index in [0.29, 0.717) is 0 Å². The first-order valence-electron chi connectivity index (χ1n) is 3.16. The molecule has 10 heavy (non-hydrogen) atoms. The third-order valence-electron chi connectivity index (χ3n) is 1.49. The number of nitrogens with zero attached hydrogens (tertiary/aromatic N) is 1. The second-order valence-electron chi connectivity index (χ2n) is 2.32. The Hall–Kier alpha value is -0.320. The van der Waals surface area contributed by atoms with Gasteiger partial charge >= 0.3 is 69.2 Å². The SMILES string of the molecule is Cc1ccc2[te]cnc2c1. The first-order valence-corrected chi connectivity index (χ1v) is 5.67. The van der Waals surface area contributed by atoms with Crippen LogP contribution in [0.5, 0.6) is 0 Å². The molecule has 0 N–H and O–H groups in total. The van der Waals surface area contributed by atoms with Gasteiger partial charge in [0.25, 0.3) is 0 Å². The van der Waals surface area contributed by atoms with Gasteiger partial charge in [0.1, 0.15) is 0 Å². The van der Waals surface area contributed by atoms with Crippen molar-refractivity contribution in [3.05, 3.63) is 28.0 Å². The Balaban J connectivity index is 2.86. The van der Waals surface area contributed by atoms with Crippen molar-refractivity contribution in [3.63, 3.8) is 0 Å². The van der Waals surface area contributed by atoms with E-state index >= 15 is 0 Å². The van der Waals surface area contributed by atoms with Crippen molar-refractivity contribution in [2.24, 2.45) is 0 Å². The zero-order valence-corrected chi connectivity index (χ0v) is 8.00. The normalized spacial score (nSPS) is 10.5. The van der Waals surface area contributed by atoms with Crippen LogP contribution in [0.1, 0.15) is 5.56 Å². The van der Waals surface area contributed by atoms with Crippen molar-refractivity contribution in [2.75, 3.05) is 0 Å². The third-order valence-corrected chi connectivity index (χ3v) is 3.80. The van der Waals surface area contributed by atoms with Crippen LogP contribution >= 0.6 is 0 Å². The fourth-order valence-electron chi connectivity index (χ4n) is 0.968. The van der Waals surface area contributed by atoms with Gasteiger partial charge < -0.3 is 0 Å². The van der Waals surface area contributed by atoms with Crippen LogP contribution in [0.3, 0.4) is 0 Å². The van der Waals surface area contributed by atoms with Crippen LogP contribution in [0.15, 0.2) is 22.4 Å². The number of aromatic nitrogens is 1. The summed E-state index contributed by atoms with van der Waals surface area (Å²) in [4.78, 5) is 4.29. The van der Waals surface area contributed by atoms with Gasteiger partial charge in [0.15, 0.2) is 0 Å². The predicted octanol–water partition coefficient (Wildman–Crippen LogP) is 1.60. The summed E-state index contributed by atoms with van der Waals surface area (Å²) in [6.07, 6.45) is 0. The van der Waals surface area contributed by atoms with Gasteiger partial charge in [0, 0.05) is 0 Å². The topological polar surface area (TPSA) is 12.9 Å². The molecule has 0 aliphatic rings. The summed E-state index contributed by atoms with van der Waals surface area (Å²) >= 11 is -0.0440. The molecular weight excluding hydrogens is 238 g/mol. The fourth-order valence-corrected chi connectivity index (χ4v) is 2.85. The van der Waals surface area contributed by atoms with E-state index in [1.807, 2.05) is 0 Å². The Kier molecular flexibility index (Phi) is 1.52. The predicted molar refractivity (Wildman–Crippen MR) is 43.4 cm³/mol. The third kappa shape index (κ3) is 0.982. The van der Waals surface area contributed by atoms with Gasteiger partial charge in [0.2, 0.25) is 0 Å². The molecule has 1 aromatic heterocycles. The molecule has 2 rings (SSSR count). The van der Waals surface area contributed by atoms with E-state index < -0.39 is 0 Å². The Morgan fingerprint density at radius 1 is 1.40 bits per heavy atom. The molecule has 0 aliphatic heterocycles. The summed E-state index contributed by atoms with van der Waals surface area (Å²) in [6, 6.07) is 6.53. The molecule has 0 spiro atoms. The maximum atomic E-state index is 4.29. The Morgan fingerprint density at radius 3 is 3.20 bits per heavy atom. The van der Waals surface area contributed by atoms with E-state index in [2.05, 4.69) is 34.3 Å². The second-order valence-corrected chi connectivity index (χ2v) is 4.85. The van der Waals surface area contributed by atoms with Crippen LogP contribution in [-0.4, -0.2) is 25.4 Å². The summed E-state index contributed by atoms with van der Waals surface area (Å²) in [5.74, 6) is 0. The van der Waals surface area contributed by atoms with Gasteiger partial charge in [0.05, 0.1) is 0 Å². The van der Waals surface area contributed by atoms with Gasteiger partial charge in [-0.25, -0.2) is 0 Å². The first-order chi connectivity index (χ1) is 4.86. The molecule has 1 nitrogen and oxygen atoms in total. The molecule has 0 bridgehead atoms. The Morgan fingerprint density at radius 2 is 2.30 bits per heavy atom.